The lowest BCUT2D eigenvalue weighted by atomic mass is 9.99. The maximum atomic E-state index is 14.1. The van der Waals surface area contributed by atoms with Gasteiger partial charge in [0.05, 0.1) is 24.9 Å². The number of ether oxygens (including phenoxy) is 1. The molecule has 4 heterocycles. The second-order valence-electron chi connectivity index (χ2n) is 7.66. The Balaban J connectivity index is 1.46. The molecule has 6 nitrogen and oxygen atoms in total. The first-order valence-corrected chi connectivity index (χ1v) is 9.89. The third-order valence-electron chi connectivity index (χ3n) is 5.75. The molecule has 7 heteroatoms. The lowest BCUT2D eigenvalue weighted by molar-refractivity contribution is 0.0965. The molecule has 1 N–H and O–H groups in total. The molecule has 2 aliphatic rings. The second kappa shape index (κ2) is 7.09. The van der Waals surface area contributed by atoms with E-state index in [0.717, 1.165) is 52.4 Å². The van der Waals surface area contributed by atoms with E-state index in [1.165, 1.54) is 13.2 Å². The predicted molar refractivity (Wildman–Crippen MR) is 111 cm³/mol. The van der Waals surface area contributed by atoms with Crippen molar-refractivity contribution in [3.8, 4) is 16.9 Å². The van der Waals surface area contributed by atoms with Gasteiger partial charge in [-0.2, -0.15) is 0 Å². The Bertz CT molecular complexity index is 1180. The molecule has 2 aliphatic heterocycles. The fraction of sp³-hybridized carbons (Fsp3) is 0.261. The van der Waals surface area contributed by atoms with Gasteiger partial charge in [-0.05, 0) is 47.9 Å². The Morgan fingerprint density at radius 2 is 2.03 bits per heavy atom. The van der Waals surface area contributed by atoms with Crippen LogP contribution in [0.15, 0.2) is 36.5 Å². The average molecular weight is 404 g/mol. The number of amides is 1. The number of carbonyl (C=O) groups excluding carboxylic acids is 1. The minimum atomic E-state index is -0.393. The number of aromatic nitrogens is 2. The molecule has 30 heavy (non-hydrogen) atoms. The minimum absolute atomic E-state index is 0.0586. The molecular formula is C23H21FN4O2. The summed E-state index contributed by atoms with van der Waals surface area (Å²) >= 11 is 0. The van der Waals surface area contributed by atoms with E-state index in [1.54, 1.807) is 12.3 Å². The van der Waals surface area contributed by atoms with Crippen molar-refractivity contribution in [1.29, 1.82) is 0 Å². The zero-order valence-corrected chi connectivity index (χ0v) is 16.8. The summed E-state index contributed by atoms with van der Waals surface area (Å²) in [5.41, 5.74) is 6.23. The van der Waals surface area contributed by atoms with Crippen molar-refractivity contribution in [3.05, 3.63) is 70.4 Å². The quantitative estimate of drug-likeness (QED) is 0.725. The minimum Gasteiger partial charge on any atom is -0.494 e. The van der Waals surface area contributed by atoms with Gasteiger partial charge in [0.15, 0.2) is 11.6 Å². The number of anilines is 1. The number of benzene rings is 1. The third kappa shape index (κ3) is 3.07. The Hall–Kier alpha value is -3.48. The number of halogens is 1. The van der Waals surface area contributed by atoms with E-state index in [4.69, 9.17) is 9.72 Å². The second-order valence-corrected chi connectivity index (χ2v) is 7.66. The molecule has 1 aromatic carbocycles. The van der Waals surface area contributed by atoms with Crippen molar-refractivity contribution in [2.24, 2.45) is 0 Å². The summed E-state index contributed by atoms with van der Waals surface area (Å²) in [4.78, 5) is 23.5. The fourth-order valence-corrected chi connectivity index (χ4v) is 4.16. The van der Waals surface area contributed by atoms with Gasteiger partial charge in [-0.1, -0.05) is 6.07 Å². The average Bonchev–Trinajstić information content (AvgIpc) is 3.12. The van der Waals surface area contributed by atoms with Crippen LogP contribution in [-0.4, -0.2) is 29.5 Å². The number of pyridine rings is 2. The van der Waals surface area contributed by atoms with Gasteiger partial charge in [0.2, 0.25) is 0 Å². The summed E-state index contributed by atoms with van der Waals surface area (Å²) in [5, 5.41) is 2.83. The Labute approximate surface area is 173 Å². The number of nitrogens with one attached hydrogen (secondary N) is 1. The SMILES string of the molecule is COc1ccc(-c2cnc3c(c2)CN(c2nc4c(cc2C)C(=O)NC4)CC3)cc1F. The third-order valence-corrected chi connectivity index (χ3v) is 5.75. The number of nitrogens with zero attached hydrogens (tertiary/aromatic N) is 3. The summed E-state index contributed by atoms with van der Waals surface area (Å²) in [6.07, 6.45) is 2.61. The van der Waals surface area contributed by atoms with Crippen LogP contribution in [0.25, 0.3) is 11.1 Å². The molecule has 1 amide bonds. The van der Waals surface area contributed by atoms with Crippen LogP contribution < -0.4 is 15.0 Å². The molecular weight excluding hydrogens is 383 g/mol. The van der Waals surface area contributed by atoms with Crippen molar-refractivity contribution in [2.45, 2.75) is 26.4 Å². The van der Waals surface area contributed by atoms with Gasteiger partial charge in [-0.3, -0.25) is 9.78 Å². The number of hydrogen-bond donors (Lipinski definition) is 1. The Morgan fingerprint density at radius 3 is 2.83 bits per heavy atom. The van der Waals surface area contributed by atoms with E-state index >= 15 is 0 Å². The Morgan fingerprint density at radius 1 is 1.17 bits per heavy atom. The van der Waals surface area contributed by atoms with Crippen molar-refractivity contribution < 1.29 is 13.9 Å². The highest BCUT2D eigenvalue weighted by Crippen LogP contribution is 2.31. The van der Waals surface area contributed by atoms with Crippen LogP contribution in [-0.2, 0) is 19.5 Å². The summed E-state index contributed by atoms with van der Waals surface area (Å²) < 4.78 is 19.2. The zero-order valence-electron chi connectivity index (χ0n) is 16.8. The van der Waals surface area contributed by atoms with Crippen LogP contribution >= 0.6 is 0 Å². The van der Waals surface area contributed by atoms with Gasteiger partial charge in [0.25, 0.3) is 5.91 Å². The molecule has 0 unspecified atom stereocenters. The summed E-state index contributed by atoms with van der Waals surface area (Å²) in [7, 11) is 1.45. The van der Waals surface area contributed by atoms with Crippen molar-refractivity contribution in [3.63, 3.8) is 0 Å². The summed E-state index contributed by atoms with van der Waals surface area (Å²) in [5.74, 6) is 0.672. The maximum Gasteiger partial charge on any atom is 0.253 e. The molecule has 0 atom stereocenters. The lowest BCUT2D eigenvalue weighted by Gasteiger charge is -2.31. The van der Waals surface area contributed by atoms with Crippen molar-refractivity contribution >= 4 is 11.7 Å². The van der Waals surface area contributed by atoms with E-state index in [-0.39, 0.29) is 11.7 Å². The summed E-state index contributed by atoms with van der Waals surface area (Å²) in [6.45, 7) is 3.94. The molecule has 0 saturated carbocycles. The van der Waals surface area contributed by atoms with Crippen molar-refractivity contribution in [1.82, 2.24) is 15.3 Å². The number of hydrogen-bond acceptors (Lipinski definition) is 5. The van der Waals surface area contributed by atoms with Gasteiger partial charge in [-0.25, -0.2) is 9.37 Å². The first kappa shape index (κ1) is 18.5. The Kier molecular flexibility index (Phi) is 4.38. The van der Waals surface area contributed by atoms with E-state index in [1.807, 2.05) is 19.1 Å². The number of carbonyl (C=O) groups is 1. The topological polar surface area (TPSA) is 67.3 Å². The largest absolute Gasteiger partial charge is 0.494 e. The van der Waals surface area contributed by atoms with Crippen LogP contribution in [0.4, 0.5) is 10.2 Å². The summed E-state index contributed by atoms with van der Waals surface area (Å²) in [6, 6.07) is 8.93. The van der Waals surface area contributed by atoms with Crippen LogP contribution in [0, 0.1) is 12.7 Å². The smallest absolute Gasteiger partial charge is 0.253 e. The molecule has 0 saturated heterocycles. The molecule has 152 valence electrons. The van der Waals surface area contributed by atoms with E-state index in [2.05, 4.69) is 21.3 Å². The number of fused-ring (bicyclic) bond motifs is 2. The number of rotatable bonds is 3. The van der Waals surface area contributed by atoms with Crippen LogP contribution in [0.5, 0.6) is 5.75 Å². The molecule has 0 bridgehead atoms. The molecule has 0 radical (unpaired) electrons. The number of aryl methyl sites for hydroxylation is 1. The molecule has 0 spiro atoms. The molecule has 2 aromatic heterocycles. The van der Waals surface area contributed by atoms with E-state index < -0.39 is 5.82 Å². The molecule has 3 aromatic rings. The van der Waals surface area contributed by atoms with Gasteiger partial charge in [-0.15, -0.1) is 0 Å². The van der Waals surface area contributed by atoms with Gasteiger partial charge < -0.3 is 15.0 Å². The molecule has 0 fully saturated rings. The standard InChI is InChI=1S/C23H21FN4O2/c1-13-7-17-20(11-26-23(17)29)27-22(13)28-6-5-19-16(12-28)8-15(10-25-19)14-3-4-21(30-2)18(24)9-14/h3-4,7-10H,5-6,11-12H2,1-2H3,(H,26,29). The maximum absolute atomic E-state index is 14.1. The monoisotopic (exact) mass is 404 g/mol. The van der Waals surface area contributed by atoms with Crippen LogP contribution in [0.2, 0.25) is 0 Å². The van der Waals surface area contributed by atoms with Crippen LogP contribution in [0.1, 0.15) is 32.9 Å². The predicted octanol–water partition coefficient (Wildman–Crippen LogP) is 3.41. The molecule has 5 rings (SSSR count). The first-order valence-electron chi connectivity index (χ1n) is 9.89. The zero-order chi connectivity index (χ0) is 20.8. The van der Waals surface area contributed by atoms with Gasteiger partial charge in [0, 0.05) is 37.0 Å². The van der Waals surface area contributed by atoms with E-state index in [0.29, 0.717) is 18.7 Å². The number of methoxy groups -OCH3 is 1. The van der Waals surface area contributed by atoms with Crippen LogP contribution in [0.3, 0.4) is 0 Å². The highest BCUT2D eigenvalue weighted by Gasteiger charge is 2.26. The highest BCUT2D eigenvalue weighted by molar-refractivity contribution is 5.98. The lowest BCUT2D eigenvalue weighted by Crippen LogP contribution is -2.32. The van der Waals surface area contributed by atoms with E-state index in [9.17, 15) is 9.18 Å². The first-order chi connectivity index (χ1) is 14.5. The van der Waals surface area contributed by atoms with Gasteiger partial charge in [0.1, 0.15) is 5.82 Å². The van der Waals surface area contributed by atoms with Gasteiger partial charge >= 0.3 is 0 Å². The molecule has 0 aliphatic carbocycles. The fourth-order valence-electron chi connectivity index (χ4n) is 4.16. The normalized spacial score (nSPS) is 14.9. The van der Waals surface area contributed by atoms with Crippen molar-refractivity contribution in [2.75, 3.05) is 18.6 Å². The highest BCUT2D eigenvalue weighted by atomic mass is 19.1.